The van der Waals surface area contributed by atoms with Crippen molar-refractivity contribution in [2.45, 2.75) is 0 Å². The largest absolute Gasteiger partial charge is 0.393 e. The van der Waals surface area contributed by atoms with Gasteiger partial charge in [0.1, 0.15) is 17.6 Å². The number of pyridine rings is 1. The first-order chi connectivity index (χ1) is 12.5. The first kappa shape index (κ1) is 17.2. The van der Waals surface area contributed by atoms with Crippen LogP contribution in [-0.2, 0) is 0 Å². The highest BCUT2D eigenvalue weighted by Gasteiger charge is 2.25. The number of anilines is 2. The zero-order valence-corrected chi connectivity index (χ0v) is 13.8. The summed E-state index contributed by atoms with van der Waals surface area (Å²) < 4.78 is 0. The average molecular weight is 352 g/mol. The molecule has 9 nitrogen and oxygen atoms in total. The molecule has 2 N–H and O–H groups in total. The number of hydrogen-bond acceptors (Lipinski definition) is 7. The number of nitrogens with two attached hydrogens (primary N) is 1. The molecule has 1 aliphatic heterocycles. The number of hydrogen-bond donors (Lipinski definition) is 1. The number of aromatic nitrogens is 1. The molecule has 2 aromatic rings. The number of piperazine rings is 1. The van der Waals surface area contributed by atoms with Gasteiger partial charge in [-0.3, -0.25) is 14.9 Å². The lowest BCUT2D eigenvalue weighted by atomic mass is 10.1. The Kier molecular flexibility index (Phi) is 4.66. The van der Waals surface area contributed by atoms with Crippen molar-refractivity contribution in [2.75, 3.05) is 36.8 Å². The van der Waals surface area contributed by atoms with Gasteiger partial charge in [-0.05, 0) is 24.3 Å². The van der Waals surface area contributed by atoms with E-state index < -0.39 is 4.92 Å². The molecule has 1 aromatic heterocycles. The number of carbonyl (C=O) groups excluding carboxylic acids is 1. The number of nitrogens with zero attached hydrogens (tertiary/aromatic N) is 5. The van der Waals surface area contributed by atoms with Crippen LogP contribution in [0.4, 0.5) is 17.2 Å². The molecule has 3 rings (SSSR count). The minimum atomic E-state index is -0.603. The monoisotopic (exact) mass is 352 g/mol. The topological polar surface area (TPSA) is 129 Å². The third-order valence-corrected chi connectivity index (χ3v) is 4.25. The Morgan fingerprint density at radius 1 is 1.27 bits per heavy atom. The lowest BCUT2D eigenvalue weighted by Crippen LogP contribution is -2.49. The van der Waals surface area contributed by atoms with Crippen molar-refractivity contribution in [3.63, 3.8) is 0 Å². The Hall–Kier alpha value is -3.67. The quantitative estimate of drug-likeness (QED) is 0.502. The zero-order valence-electron chi connectivity index (χ0n) is 13.8. The van der Waals surface area contributed by atoms with E-state index in [1.165, 1.54) is 18.2 Å². The molecule has 0 aliphatic carbocycles. The molecular formula is C17H16N6O3. The highest BCUT2D eigenvalue weighted by atomic mass is 16.6. The molecule has 1 saturated heterocycles. The molecule has 1 aliphatic rings. The maximum atomic E-state index is 12.6. The highest BCUT2D eigenvalue weighted by Crippen LogP contribution is 2.24. The van der Waals surface area contributed by atoms with Gasteiger partial charge in [-0.2, -0.15) is 5.26 Å². The molecule has 0 spiro atoms. The second-order valence-electron chi connectivity index (χ2n) is 5.80. The SMILES string of the molecule is N#Cc1cccnc1N1CCN(C(=O)c2ccc(N)c([N+](=O)[O-])c2)CC1. The first-order valence-electron chi connectivity index (χ1n) is 7.94. The molecule has 1 aromatic carbocycles. The predicted octanol–water partition coefficient (Wildman–Crippen LogP) is 1.41. The summed E-state index contributed by atoms with van der Waals surface area (Å²) in [5, 5.41) is 20.2. The summed E-state index contributed by atoms with van der Waals surface area (Å²) in [4.78, 5) is 30.9. The summed E-state index contributed by atoms with van der Waals surface area (Å²) in [6, 6.07) is 9.58. The summed E-state index contributed by atoms with van der Waals surface area (Å²) in [6.45, 7) is 1.90. The molecule has 0 saturated carbocycles. The number of rotatable bonds is 3. The van der Waals surface area contributed by atoms with Crippen LogP contribution in [-0.4, -0.2) is 46.9 Å². The van der Waals surface area contributed by atoms with Crippen molar-refractivity contribution in [1.82, 2.24) is 9.88 Å². The van der Waals surface area contributed by atoms with Gasteiger partial charge in [0.25, 0.3) is 11.6 Å². The van der Waals surface area contributed by atoms with Gasteiger partial charge in [0.2, 0.25) is 0 Å². The molecule has 1 fully saturated rings. The van der Waals surface area contributed by atoms with Crippen molar-refractivity contribution in [3.05, 3.63) is 57.8 Å². The number of carbonyl (C=O) groups is 1. The van der Waals surface area contributed by atoms with E-state index in [0.29, 0.717) is 37.6 Å². The molecule has 0 unspecified atom stereocenters. The summed E-state index contributed by atoms with van der Waals surface area (Å²) in [5.74, 6) is 0.319. The second-order valence-corrected chi connectivity index (χ2v) is 5.80. The fourth-order valence-corrected chi connectivity index (χ4v) is 2.87. The Morgan fingerprint density at radius 3 is 2.65 bits per heavy atom. The maximum Gasteiger partial charge on any atom is 0.292 e. The van der Waals surface area contributed by atoms with E-state index in [0.717, 1.165) is 0 Å². The Morgan fingerprint density at radius 2 is 2.00 bits per heavy atom. The van der Waals surface area contributed by atoms with E-state index in [4.69, 9.17) is 5.73 Å². The summed E-state index contributed by atoms with van der Waals surface area (Å²) in [5.41, 5.74) is 6.04. The lowest BCUT2D eigenvalue weighted by Gasteiger charge is -2.35. The highest BCUT2D eigenvalue weighted by molar-refractivity contribution is 5.95. The van der Waals surface area contributed by atoms with Gasteiger partial charge in [-0.1, -0.05) is 0 Å². The van der Waals surface area contributed by atoms with Crippen LogP contribution < -0.4 is 10.6 Å². The van der Waals surface area contributed by atoms with Gasteiger partial charge in [-0.15, -0.1) is 0 Å². The molecule has 132 valence electrons. The first-order valence-corrected chi connectivity index (χ1v) is 7.94. The predicted molar refractivity (Wildman–Crippen MR) is 94.6 cm³/mol. The average Bonchev–Trinajstić information content (AvgIpc) is 2.67. The number of benzene rings is 1. The number of nitrogen functional groups attached to an aromatic ring is 1. The van der Waals surface area contributed by atoms with Crippen LogP contribution >= 0.6 is 0 Å². The Balaban J connectivity index is 1.72. The maximum absolute atomic E-state index is 12.6. The fraction of sp³-hybridized carbons (Fsp3) is 0.235. The number of nitro benzene ring substituents is 1. The van der Waals surface area contributed by atoms with E-state index >= 15 is 0 Å². The van der Waals surface area contributed by atoms with Gasteiger partial charge in [0.15, 0.2) is 0 Å². The second kappa shape index (κ2) is 7.06. The Labute approximate surface area is 149 Å². The Bertz CT molecular complexity index is 900. The van der Waals surface area contributed by atoms with E-state index in [2.05, 4.69) is 11.1 Å². The third-order valence-electron chi connectivity index (χ3n) is 4.25. The fourth-order valence-electron chi connectivity index (χ4n) is 2.87. The van der Waals surface area contributed by atoms with E-state index in [1.807, 2.05) is 4.90 Å². The van der Waals surface area contributed by atoms with Crippen molar-refractivity contribution < 1.29 is 9.72 Å². The molecule has 9 heteroatoms. The molecule has 0 bridgehead atoms. The van der Waals surface area contributed by atoms with Gasteiger partial charge >= 0.3 is 0 Å². The molecule has 0 atom stereocenters. The van der Waals surface area contributed by atoms with E-state index in [1.54, 1.807) is 23.2 Å². The van der Waals surface area contributed by atoms with Crippen molar-refractivity contribution in [3.8, 4) is 6.07 Å². The number of nitro groups is 1. The van der Waals surface area contributed by atoms with Gasteiger partial charge in [-0.25, -0.2) is 4.98 Å². The normalized spacial score (nSPS) is 14.0. The third kappa shape index (κ3) is 3.25. The van der Waals surface area contributed by atoms with E-state index in [-0.39, 0.29) is 22.8 Å². The standard InChI is InChI=1S/C17H16N6O3/c18-11-13-2-1-5-20-16(13)21-6-8-22(9-7-21)17(24)12-3-4-14(19)15(10-12)23(25)26/h1-5,10H,6-9,19H2. The molecule has 2 heterocycles. The van der Waals surface area contributed by atoms with Gasteiger partial charge < -0.3 is 15.5 Å². The minimum absolute atomic E-state index is 0.0237. The molecule has 26 heavy (non-hydrogen) atoms. The van der Waals surface area contributed by atoms with Crippen LogP contribution in [0.3, 0.4) is 0 Å². The minimum Gasteiger partial charge on any atom is -0.393 e. The zero-order chi connectivity index (χ0) is 18.7. The summed E-state index contributed by atoms with van der Waals surface area (Å²) >= 11 is 0. The van der Waals surface area contributed by atoms with Crippen LogP contribution in [0.15, 0.2) is 36.5 Å². The van der Waals surface area contributed by atoms with Crippen LogP contribution in [0.2, 0.25) is 0 Å². The number of nitriles is 1. The molecular weight excluding hydrogens is 336 g/mol. The van der Waals surface area contributed by atoms with Crippen LogP contribution in [0.5, 0.6) is 0 Å². The van der Waals surface area contributed by atoms with Crippen molar-refractivity contribution >= 4 is 23.1 Å². The van der Waals surface area contributed by atoms with Gasteiger partial charge in [0.05, 0.1) is 10.5 Å². The van der Waals surface area contributed by atoms with Gasteiger partial charge in [0, 0.05) is 44.0 Å². The summed E-state index contributed by atoms with van der Waals surface area (Å²) in [6.07, 6.45) is 1.63. The van der Waals surface area contributed by atoms with Crippen molar-refractivity contribution in [2.24, 2.45) is 0 Å². The van der Waals surface area contributed by atoms with Crippen LogP contribution in [0.1, 0.15) is 15.9 Å². The van der Waals surface area contributed by atoms with E-state index in [9.17, 15) is 20.2 Å². The summed E-state index contributed by atoms with van der Waals surface area (Å²) in [7, 11) is 0. The van der Waals surface area contributed by atoms with Crippen LogP contribution in [0, 0.1) is 21.4 Å². The van der Waals surface area contributed by atoms with Crippen LogP contribution in [0.25, 0.3) is 0 Å². The molecule has 1 amide bonds. The smallest absolute Gasteiger partial charge is 0.292 e. The molecule has 0 radical (unpaired) electrons. The lowest BCUT2D eigenvalue weighted by molar-refractivity contribution is -0.383. The van der Waals surface area contributed by atoms with Crippen molar-refractivity contribution in [1.29, 1.82) is 5.26 Å². The number of amides is 1.